The standard InChI is InChI=1S/C14H18BrNO/c1-9-6-10(9)8-16-13-4-5-17-14-3-2-11(15)7-12(13)14/h2-3,7,9-10,13,16H,4-6,8H2,1H3. The van der Waals surface area contributed by atoms with Gasteiger partial charge in [-0.3, -0.25) is 0 Å². The Bertz CT molecular complexity index is 421. The average Bonchev–Trinajstić information content (AvgIpc) is 3.03. The molecule has 3 atom stereocenters. The summed E-state index contributed by atoms with van der Waals surface area (Å²) in [6.07, 6.45) is 2.46. The van der Waals surface area contributed by atoms with E-state index in [1.807, 2.05) is 6.07 Å². The molecular weight excluding hydrogens is 278 g/mol. The Balaban J connectivity index is 1.71. The minimum Gasteiger partial charge on any atom is -0.493 e. The van der Waals surface area contributed by atoms with Gasteiger partial charge >= 0.3 is 0 Å². The molecule has 17 heavy (non-hydrogen) atoms. The molecule has 1 N–H and O–H groups in total. The van der Waals surface area contributed by atoms with Gasteiger partial charge in [-0.05, 0) is 43.0 Å². The van der Waals surface area contributed by atoms with E-state index in [0.29, 0.717) is 6.04 Å². The second-order valence-electron chi connectivity index (χ2n) is 5.25. The lowest BCUT2D eigenvalue weighted by molar-refractivity contribution is 0.251. The van der Waals surface area contributed by atoms with Crippen molar-refractivity contribution in [3.63, 3.8) is 0 Å². The molecule has 1 aromatic rings. The predicted octanol–water partition coefficient (Wildman–Crippen LogP) is 3.52. The van der Waals surface area contributed by atoms with Crippen molar-refractivity contribution in [2.24, 2.45) is 11.8 Å². The number of hydrogen-bond donors (Lipinski definition) is 1. The highest BCUT2D eigenvalue weighted by Gasteiger charge is 2.33. The third kappa shape index (κ3) is 2.50. The number of hydrogen-bond acceptors (Lipinski definition) is 2. The lowest BCUT2D eigenvalue weighted by atomic mass is 10.0. The first-order valence-electron chi connectivity index (χ1n) is 6.39. The Morgan fingerprint density at radius 2 is 2.29 bits per heavy atom. The maximum atomic E-state index is 5.69. The number of halogens is 1. The molecule has 0 bridgehead atoms. The predicted molar refractivity (Wildman–Crippen MR) is 72.3 cm³/mol. The Hall–Kier alpha value is -0.540. The van der Waals surface area contributed by atoms with Crippen LogP contribution in [0.3, 0.4) is 0 Å². The molecule has 3 rings (SSSR count). The fraction of sp³-hybridized carbons (Fsp3) is 0.571. The van der Waals surface area contributed by atoms with Crippen molar-refractivity contribution in [1.29, 1.82) is 0 Å². The molecule has 2 nitrogen and oxygen atoms in total. The third-order valence-electron chi connectivity index (χ3n) is 3.91. The van der Waals surface area contributed by atoms with E-state index in [2.05, 4.69) is 40.3 Å². The Morgan fingerprint density at radius 3 is 3.06 bits per heavy atom. The van der Waals surface area contributed by atoms with Gasteiger partial charge in [0, 0.05) is 22.5 Å². The first kappa shape index (κ1) is 11.5. The van der Waals surface area contributed by atoms with E-state index in [1.54, 1.807) is 0 Å². The monoisotopic (exact) mass is 295 g/mol. The molecule has 1 heterocycles. The molecule has 3 heteroatoms. The maximum Gasteiger partial charge on any atom is 0.124 e. The van der Waals surface area contributed by atoms with Gasteiger partial charge in [-0.2, -0.15) is 0 Å². The second-order valence-corrected chi connectivity index (χ2v) is 6.17. The minimum absolute atomic E-state index is 0.462. The summed E-state index contributed by atoms with van der Waals surface area (Å²) in [5.41, 5.74) is 1.30. The lowest BCUT2D eigenvalue weighted by Gasteiger charge is -2.27. The minimum atomic E-state index is 0.462. The van der Waals surface area contributed by atoms with Gasteiger partial charge in [-0.25, -0.2) is 0 Å². The number of nitrogens with one attached hydrogen (secondary N) is 1. The third-order valence-corrected chi connectivity index (χ3v) is 4.41. The van der Waals surface area contributed by atoms with Gasteiger partial charge in [0.2, 0.25) is 0 Å². The van der Waals surface area contributed by atoms with E-state index in [1.165, 1.54) is 12.0 Å². The summed E-state index contributed by atoms with van der Waals surface area (Å²) in [6, 6.07) is 6.75. The maximum absolute atomic E-state index is 5.69. The molecule has 92 valence electrons. The van der Waals surface area contributed by atoms with Crippen LogP contribution >= 0.6 is 15.9 Å². The van der Waals surface area contributed by atoms with E-state index < -0.39 is 0 Å². The van der Waals surface area contributed by atoms with Crippen molar-refractivity contribution in [1.82, 2.24) is 5.32 Å². The molecule has 3 unspecified atom stereocenters. The van der Waals surface area contributed by atoms with Crippen LogP contribution in [0, 0.1) is 11.8 Å². The van der Waals surface area contributed by atoms with Gasteiger partial charge in [0.05, 0.1) is 6.61 Å². The highest BCUT2D eigenvalue weighted by Crippen LogP contribution is 2.39. The highest BCUT2D eigenvalue weighted by molar-refractivity contribution is 9.10. The first-order chi connectivity index (χ1) is 8.24. The summed E-state index contributed by atoms with van der Waals surface area (Å²) in [4.78, 5) is 0. The van der Waals surface area contributed by atoms with Crippen LogP contribution in [0.4, 0.5) is 0 Å². The molecule has 0 saturated heterocycles. The van der Waals surface area contributed by atoms with Crippen molar-refractivity contribution in [2.45, 2.75) is 25.8 Å². The summed E-state index contributed by atoms with van der Waals surface area (Å²) in [5.74, 6) is 2.86. The quantitative estimate of drug-likeness (QED) is 0.921. The molecule has 0 radical (unpaired) electrons. The molecule has 1 aromatic carbocycles. The fourth-order valence-corrected chi connectivity index (χ4v) is 2.93. The van der Waals surface area contributed by atoms with Gasteiger partial charge < -0.3 is 10.1 Å². The van der Waals surface area contributed by atoms with Crippen LogP contribution in [-0.2, 0) is 0 Å². The van der Waals surface area contributed by atoms with Gasteiger partial charge in [0.15, 0.2) is 0 Å². The zero-order valence-corrected chi connectivity index (χ0v) is 11.7. The summed E-state index contributed by atoms with van der Waals surface area (Å²) in [7, 11) is 0. The Morgan fingerprint density at radius 1 is 1.47 bits per heavy atom. The van der Waals surface area contributed by atoms with Crippen LogP contribution in [0.25, 0.3) is 0 Å². The molecule has 2 aliphatic rings. The van der Waals surface area contributed by atoms with Gasteiger partial charge in [-0.15, -0.1) is 0 Å². The Labute approximate surface area is 111 Å². The SMILES string of the molecule is CC1CC1CNC1CCOc2ccc(Br)cc21. The summed E-state index contributed by atoms with van der Waals surface area (Å²) >= 11 is 3.54. The number of fused-ring (bicyclic) bond motifs is 1. The van der Waals surface area contributed by atoms with E-state index >= 15 is 0 Å². The molecular formula is C14H18BrNO. The zero-order valence-electron chi connectivity index (χ0n) is 10.1. The van der Waals surface area contributed by atoms with Crippen molar-refractivity contribution >= 4 is 15.9 Å². The lowest BCUT2D eigenvalue weighted by Crippen LogP contribution is -2.28. The Kier molecular flexibility index (Phi) is 3.14. The van der Waals surface area contributed by atoms with E-state index in [0.717, 1.165) is 41.6 Å². The second kappa shape index (κ2) is 4.62. The van der Waals surface area contributed by atoms with Crippen molar-refractivity contribution in [3.8, 4) is 5.75 Å². The molecule has 1 aliphatic carbocycles. The van der Waals surface area contributed by atoms with Crippen LogP contribution in [0.15, 0.2) is 22.7 Å². The van der Waals surface area contributed by atoms with Crippen LogP contribution in [0.1, 0.15) is 31.4 Å². The smallest absolute Gasteiger partial charge is 0.124 e. The molecule has 0 aromatic heterocycles. The van der Waals surface area contributed by atoms with Gasteiger partial charge in [0.1, 0.15) is 5.75 Å². The van der Waals surface area contributed by atoms with Crippen LogP contribution < -0.4 is 10.1 Å². The van der Waals surface area contributed by atoms with E-state index in [-0.39, 0.29) is 0 Å². The van der Waals surface area contributed by atoms with Crippen LogP contribution in [0.5, 0.6) is 5.75 Å². The van der Waals surface area contributed by atoms with Gasteiger partial charge in [-0.1, -0.05) is 22.9 Å². The normalized spacial score (nSPS) is 30.6. The highest BCUT2D eigenvalue weighted by atomic mass is 79.9. The molecule has 1 saturated carbocycles. The zero-order chi connectivity index (χ0) is 11.8. The van der Waals surface area contributed by atoms with Crippen molar-refractivity contribution < 1.29 is 4.74 Å². The summed E-state index contributed by atoms with van der Waals surface area (Å²) in [6.45, 7) is 4.31. The number of ether oxygens (including phenoxy) is 1. The number of benzene rings is 1. The van der Waals surface area contributed by atoms with Gasteiger partial charge in [0.25, 0.3) is 0 Å². The summed E-state index contributed by atoms with van der Waals surface area (Å²) < 4.78 is 6.82. The molecule has 0 spiro atoms. The molecule has 0 amide bonds. The first-order valence-corrected chi connectivity index (χ1v) is 7.19. The van der Waals surface area contributed by atoms with Crippen molar-refractivity contribution in [3.05, 3.63) is 28.2 Å². The largest absolute Gasteiger partial charge is 0.493 e. The van der Waals surface area contributed by atoms with Crippen LogP contribution in [-0.4, -0.2) is 13.2 Å². The average molecular weight is 296 g/mol. The van der Waals surface area contributed by atoms with Crippen molar-refractivity contribution in [2.75, 3.05) is 13.2 Å². The molecule has 1 aliphatic heterocycles. The van der Waals surface area contributed by atoms with Crippen LogP contribution in [0.2, 0.25) is 0 Å². The topological polar surface area (TPSA) is 21.3 Å². The fourth-order valence-electron chi connectivity index (χ4n) is 2.55. The van der Waals surface area contributed by atoms with E-state index in [9.17, 15) is 0 Å². The number of rotatable bonds is 3. The molecule has 1 fully saturated rings. The van der Waals surface area contributed by atoms with E-state index in [4.69, 9.17) is 4.74 Å². The summed E-state index contributed by atoms with van der Waals surface area (Å²) in [5, 5.41) is 3.70.